The van der Waals surface area contributed by atoms with Gasteiger partial charge in [0.15, 0.2) is 0 Å². The van der Waals surface area contributed by atoms with Crippen molar-refractivity contribution in [2.45, 2.75) is 43.9 Å². The third-order valence-electron chi connectivity index (χ3n) is 5.41. The van der Waals surface area contributed by atoms with E-state index in [1.807, 2.05) is 11.3 Å². The van der Waals surface area contributed by atoms with E-state index in [1.165, 1.54) is 16.0 Å². The van der Waals surface area contributed by atoms with E-state index in [1.54, 1.807) is 0 Å². The molecule has 1 spiro atoms. The molecule has 1 saturated heterocycles. The number of piperidine rings is 1. The van der Waals surface area contributed by atoms with Crippen LogP contribution in [-0.2, 0) is 23.3 Å². The Morgan fingerprint density at radius 1 is 1.17 bits per heavy atom. The van der Waals surface area contributed by atoms with E-state index in [2.05, 4.69) is 46.7 Å². The molecule has 0 bridgehead atoms. The van der Waals surface area contributed by atoms with Crippen LogP contribution >= 0.6 is 11.3 Å². The Bertz CT molecular complexity index is 661. The molecule has 1 fully saturated rings. The highest BCUT2D eigenvalue weighted by molar-refractivity contribution is 7.10. The second kappa shape index (κ2) is 6.96. The van der Waals surface area contributed by atoms with E-state index in [4.69, 9.17) is 4.74 Å². The maximum Gasteiger partial charge on any atom is 0.0970 e. The summed E-state index contributed by atoms with van der Waals surface area (Å²) in [4.78, 5) is 4.00. The Labute approximate surface area is 147 Å². The summed E-state index contributed by atoms with van der Waals surface area (Å²) in [7, 11) is 0. The summed E-state index contributed by atoms with van der Waals surface area (Å²) in [5.41, 5.74) is 2.68. The Balaban J connectivity index is 1.47. The van der Waals surface area contributed by atoms with Crippen LogP contribution in [0.4, 0.5) is 0 Å². The number of rotatable bonds is 4. The van der Waals surface area contributed by atoms with Gasteiger partial charge >= 0.3 is 0 Å². The molecular weight excluding hydrogens is 318 g/mol. The van der Waals surface area contributed by atoms with Crippen molar-refractivity contribution in [1.29, 1.82) is 0 Å². The molecule has 4 heteroatoms. The molecule has 1 aromatic heterocycles. The summed E-state index contributed by atoms with van der Waals surface area (Å²) in [5.74, 6) is 0. The van der Waals surface area contributed by atoms with Crippen LogP contribution in [-0.4, -0.2) is 35.8 Å². The molecular formula is C20H25NO2S. The lowest BCUT2D eigenvalue weighted by molar-refractivity contribution is -0.143. The summed E-state index contributed by atoms with van der Waals surface area (Å²) in [6.45, 7) is 3.36. The largest absolute Gasteiger partial charge is 0.396 e. The number of likely N-dealkylation sites (tertiary alicyclic amines) is 1. The predicted octanol–water partition coefficient (Wildman–Crippen LogP) is 3.56. The first-order valence-electron chi connectivity index (χ1n) is 8.91. The first kappa shape index (κ1) is 16.3. The summed E-state index contributed by atoms with van der Waals surface area (Å²) < 4.78 is 6.56. The van der Waals surface area contributed by atoms with E-state index < -0.39 is 0 Å². The standard InChI is InChI=1S/C20H25NO2S/c22-12-6-17-14-19-18(7-13-24-19)20(23-17)8-10-21(11-9-20)15-16-4-2-1-3-5-16/h1-5,7,13,17,22H,6,8-12,14-15H2. The lowest BCUT2D eigenvalue weighted by Gasteiger charge is -2.46. The molecule has 1 atom stereocenters. The number of ether oxygens (including phenoxy) is 1. The molecule has 0 radical (unpaired) electrons. The van der Waals surface area contributed by atoms with Crippen molar-refractivity contribution in [1.82, 2.24) is 4.90 Å². The minimum absolute atomic E-state index is 0.124. The predicted molar refractivity (Wildman–Crippen MR) is 97.2 cm³/mol. The molecule has 1 unspecified atom stereocenters. The van der Waals surface area contributed by atoms with Gasteiger partial charge in [0.2, 0.25) is 0 Å². The second-order valence-electron chi connectivity index (χ2n) is 6.97. The highest BCUT2D eigenvalue weighted by Gasteiger charge is 2.44. The fourth-order valence-electron chi connectivity index (χ4n) is 4.14. The maximum absolute atomic E-state index is 9.33. The minimum Gasteiger partial charge on any atom is -0.396 e. The van der Waals surface area contributed by atoms with Crippen molar-refractivity contribution in [2.24, 2.45) is 0 Å². The van der Waals surface area contributed by atoms with Gasteiger partial charge in [-0.2, -0.15) is 0 Å². The van der Waals surface area contributed by atoms with Crippen LogP contribution in [0.15, 0.2) is 41.8 Å². The number of aliphatic hydroxyl groups excluding tert-OH is 1. The third kappa shape index (κ3) is 3.16. The van der Waals surface area contributed by atoms with Crippen molar-refractivity contribution in [3.05, 3.63) is 57.8 Å². The van der Waals surface area contributed by atoms with Crippen molar-refractivity contribution >= 4 is 11.3 Å². The monoisotopic (exact) mass is 343 g/mol. The topological polar surface area (TPSA) is 32.7 Å². The van der Waals surface area contributed by atoms with Crippen molar-refractivity contribution in [3.63, 3.8) is 0 Å². The van der Waals surface area contributed by atoms with E-state index in [0.29, 0.717) is 0 Å². The first-order valence-corrected chi connectivity index (χ1v) is 9.79. The van der Waals surface area contributed by atoms with E-state index in [9.17, 15) is 5.11 Å². The number of fused-ring (bicyclic) bond motifs is 2. The third-order valence-corrected chi connectivity index (χ3v) is 6.35. The van der Waals surface area contributed by atoms with Crippen LogP contribution < -0.4 is 0 Å². The van der Waals surface area contributed by atoms with E-state index in [0.717, 1.165) is 45.3 Å². The molecule has 24 heavy (non-hydrogen) atoms. The van der Waals surface area contributed by atoms with Crippen LogP contribution in [0.2, 0.25) is 0 Å². The van der Waals surface area contributed by atoms with Gasteiger partial charge in [-0.15, -0.1) is 11.3 Å². The second-order valence-corrected chi connectivity index (χ2v) is 7.97. The van der Waals surface area contributed by atoms with Gasteiger partial charge in [-0.3, -0.25) is 4.90 Å². The number of aliphatic hydroxyl groups is 1. The van der Waals surface area contributed by atoms with Gasteiger partial charge in [0.1, 0.15) is 0 Å². The number of hydrogen-bond donors (Lipinski definition) is 1. The Hall–Kier alpha value is -1.20. The zero-order valence-corrected chi connectivity index (χ0v) is 14.8. The summed E-state index contributed by atoms with van der Waals surface area (Å²) in [6.07, 6.45) is 3.97. The first-order chi connectivity index (χ1) is 11.8. The zero-order valence-electron chi connectivity index (χ0n) is 14.0. The van der Waals surface area contributed by atoms with Gasteiger partial charge in [-0.25, -0.2) is 0 Å². The molecule has 1 N–H and O–H groups in total. The van der Waals surface area contributed by atoms with Crippen LogP contribution in [0.1, 0.15) is 35.3 Å². The number of benzene rings is 1. The van der Waals surface area contributed by atoms with E-state index in [-0.39, 0.29) is 18.3 Å². The fraction of sp³-hybridized carbons (Fsp3) is 0.500. The Morgan fingerprint density at radius 2 is 1.96 bits per heavy atom. The van der Waals surface area contributed by atoms with Gasteiger partial charge < -0.3 is 9.84 Å². The Kier molecular flexibility index (Phi) is 4.72. The zero-order chi connectivity index (χ0) is 16.4. The maximum atomic E-state index is 9.33. The average molecular weight is 343 g/mol. The normalized spacial score (nSPS) is 23.3. The molecule has 4 rings (SSSR count). The molecule has 1 aromatic carbocycles. The van der Waals surface area contributed by atoms with Crippen LogP contribution in [0.25, 0.3) is 0 Å². The molecule has 3 nitrogen and oxygen atoms in total. The van der Waals surface area contributed by atoms with Gasteiger partial charge in [0.25, 0.3) is 0 Å². The Morgan fingerprint density at radius 3 is 2.71 bits per heavy atom. The van der Waals surface area contributed by atoms with Gasteiger partial charge in [0.05, 0.1) is 11.7 Å². The molecule has 2 aliphatic rings. The van der Waals surface area contributed by atoms with Gasteiger partial charge in [-0.05, 0) is 41.8 Å². The summed E-state index contributed by atoms with van der Waals surface area (Å²) in [5, 5.41) is 11.5. The van der Waals surface area contributed by atoms with Crippen molar-refractivity contribution in [3.8, 4) is 0 Å². The van der Waals surface area contributed by atoms with Crippen molar-refractivity contribution < 1.29 is 9.84 Å². The molecule has 128 valence electrons. The quantitative estimate of drug-likeness (QED) is 0.921. The van der Waals surface area contributed by atoms with Crippen LogP contribution in [0, 0.1) is 0 Å². The SMILES string of the molecule is OCCC1Cc2sccc2C2(CCN(Cc3ccccc3)CC2)O1. The molecule has 3 heterocycles. The molecule has 2 aliphatic heterocycles. The molecule has 0 saturated carbocycles. The summed E-state index contributed by atoms with van der Waals surface area (Å²) >= 11 is 1.85. The average Bonchev–Trinajstić information content (AvgIpc) is 3.08. The number of nitrogens with zero attached hydrogens (tertiary/aromatic N) is 1. The lowest BCUT2D eigenvalue weighted by atomic mass is 9.81. The smallest absolute Gasteiger partial charge is 0.0970 e. The number of hydrogen-bond acceptors (Lipinski definition) is 4. The lowest BCUT2D eigenvalue weighted by Crippen LogP contribution is -2.48. The molecule has 0 amide bonds. The molecule has 2 aromatic rings. The van der Waals surface area contributed by atoms with Gasteiger partial charge in [0, 0.05) is 37.5 Å². The minimum atomic E-state index is -0.124. The van der Waals surface area contributed by atoms with Gasteiger partial charge in [-0.1, -0.05) is 30.3 Å². The van der Waals surface area contributed by atoms with E-state index >= 15 is 0 Å². The van der Waals surface area contributed by atoms with Crippen LogP contribution in [0.3, 0.4) is 0 Å². The fourth-order valence-corrected chi connectivity index (χ4v) is 5.17. The molecule has 0 aliphatic carbocycles. The summed E-state index contributed by atoms with van der Waals surface area (Å²) in [6, 6.07) is 13.0. The van der Waals surface area contributed by atoms with Crippen molar-refractivity contribution in [2.75, 3.05) is 19.7 Å². The highest BCUT2D eigenvalue weighted by atomic mass is 32.1. The highest BCUT2D eigenvalue weighted by Crippen LogP contribution is 2.45. The number of thiophene rings is 1. The van der Waals surface area contributed by atoms with Crippen LogP contribution in [0.5, 0.6) is 0 Å².